The number of hydrogen-bond acceptors (Lipinski definition) is 5. The molecule has 0 aliphatic rings. The van der Waals surface area contributed by atoms with Crippen molar-refractivity contribution in [2.75, 3.05) is 6.26 Å². The van der Waals surface area contributed by atoms with Crippen molar-refractivity contribution in [3.05, 3.63) is 83.2 Å². The van der Waals surface area contributed by atoms with Gasteiger partial charge >= 0.3 is 0 Å². The molecule has 3 rings (SSSR count). The third-order valence-corrected chi connectivity index (χ3v) is 5.25. The van der Waals surface area contributed by atoms with Gasteiger partial charge in [0.25, 0.3) is 0 Å². The highest BCUT2D eigenvalue weighted by Gasteiger charge is 2.33. The molecule has 1 unspecified atom stereocenters. The summed E-state index contributed by atoms with van der Waals surface area (Å²) in [7, 11) is -3.30. The lowest BCUT2D eigenvalue weighted by molar-refractivity contribution is 0.0732. The van der Waals surface area contributed by atoms with Crippen LogP contribution in [-0.4, -0.2) is 24.9 Å². The summed E-state index contributed by atoms with van der Waals surface area (Å²) >= 11 is 0. The van der Waals surface area contributed by atoms with Crippen LogP contribution in [-0.2, 0) is 21.9 Å². The first-order chi connectivity index (χ1) is 11.8. The lowest BCUT2D eigenvalue weighted by Gasteiger charge is -2.28. The molecule has 0 aliphatic carbocycles. The van der Waals surface area contributed by atoms with Crippen LogP contribution in [0.15, 0.2) is 70.1 Å². The standard InChI is InChI=1S/C19H19NO4S/c1-14-12-17(24-20-14)13-19(21,15-6-4-3-5-7-15)16-8-10-18(11-9-16)25(2,22)23/h3-12,21H,13H2,1-2H3. The molecule has 1 atom stereocenters. The average molecular weight is 357 g/mol. The van der Waals surface area contributed by atoms with Gasteiger partial charge in [-0.1, -0.05) is 47.6 Å². The van der Waals surface area contributed by atoms with Gasteiger partial charge in [0.15, 0.2) is 9.84 Å². The number of sulfone groups is 1. The van der Waals surface area contributed by atoms with Crippen molar-refractivity contribution < 1.29 is 18.0 Å². The first kappa shape index (κ1) is 17.4. The second-order valence-corrected chi connectivity index (χ2v) is 8.15. The fraction of sp³-hybridized carbons (Fsp3) is 0.211. The molecule has 0 fully saturated rings. The van der Waals surface area contributed by atoms with Crippen molar-refractivity contribution in [3.63, 3.8) is 0 Å². The normalized spacial score (nSPS) is 14.2. The molecule has 6 heteroatoms. The number of hydrogen-bond donors (Lipinski definition) is 1. The SMILES string of the molecule is Cc1cc(CC(O)(c2ccccc2)c2ccc(S(C)(=O)=O)cc2)on1. The number of nitrogens with zero attached hydrogens (tertiary/aromatic N) is 1. The largest absolute Gasteiger partial charge is 0.380 e. The van der Waals surface area contributed by atoms with Crippen molar-refractivity contribution in [1.29, 1.82) is 0 Å². The summed E-state index contributed by atoms with van der Waals surface area (Å²) in [5, 5.41) is 15.3. The lowest BCUT2D eigenvalue weighted by atomic mass is 9.83. The fourth-order valence-electron chi connectivity index (χ4n) is 2.81. The van der Waals surface area contributed by atoms with E-state index in [1.54, 1.807) is 18.2 Å². The minimum absolute atomic E-state index is 0.191. The highest BCUT2D eigenvalue weighted by molar-refractivity contribution is 7.90. The second kappa shape index (κ2) is 6.46. The highest BCUT2D eigenvalue weighted by Crippen LogP contribution is 2.34. The molecular formula is C19H19NO4S. The molecule has 0 spiro atoms. The van der Waals surface area contributed by atoms with E-state index >= 15 is 0 Å². The second-order valence-electron chi connectivity index (χ2n) is 6.13. The van der Waals surface area contributed by atoms with Gasteiger partial charge in [-0.15, -0.1) is 0 Å². The molecule has 25 heavy (non-hydrogen) atoms. The Morgan fingerprint density at radius 1 is 1.04 bits per heavy atom. The Morgan fingerprint density at radius 2 is 1.64 bits per heavy atom. The van der Waals surface area contributed by atoms with Crippen LogP contribution in [0.1, 0.15) is 22.6 Å². The van der Waals surface area contributed by atoms with Gasteiger partial charge in [-0.3, -0.25) is 0 Å². The number of aryl methyl sites for hydroxylation is 1. The number of rotatable bonds is 5. The first-order valence-electron chi connectivity index (χ1n) is 7.80. The van der Waals surface area contributed by atoms with E-state index in [9.17, 15) is 13.5 Å². The predicted octanol–water partition coefficient (Wildman–Crippen LogP) is 2.87. The molecule has 3 aromatic rings. The van der Waals surface area contributed by atoms with Crippen LogP contribution >= 0.6 is 0 Å². The van der Waals surface area contributed by atoms with E-state index in [2.05, 4.69) is 5.16 Å². The van der Waals surface area contributed by atoms with Gasteiger partial charge in [0, 0.05) is 18.7 Å². The van der Waals surface area contributed by atoms with E-state index in [4.69, 9.17) is 4.52 Å². The molecule has 0 bridgehead atoms. The molecular weight excluding hydrogens is 338 g/mol. The van der Waals surface area contributed by atoms with E-state index in [1.807, 2.05) is 37.3 Å². The zero-order valence-corrected chi connectivity index (χ0v) is 14.8. The van der Waals surface area contributed by atoms with E-state index in [1.165, 1.54) is 12.1 Å². The van der Waals surface area contributed by atoms with Gasteiger partial charge in [0.1, 0.15) is 11.4 Å². The highest BCUT2D eigenvalue weighted by atomic mass is 32.2. The average Bonchev–Trinajstić information content (AvgIpc) is 2.99. The van der Waals surface area contributed by atoms with Gasteiger partial charge < -0.3 is 9.63 Å². The molecule has 0 radical (unpaired) electrons. The molecule has 1 N–H and O–H groups in total. The molecule has 2 aromatic carbocycles. The Labute approximate surface area is 146 Å². The van der Waals surface area contributed by atoms with Gasteiger partial charge in [0.05, 0.1) is 10.6 Å². The molecule has 5 nitrogen and oxygen atoms in total. The van der Waals surface area contributed by atoms with Crippen LogP contribution in [0.4, 0.5) is 0 Å². The number of aliphatic hydroxyl groups is 1. The van der Waals surface area contributed by atoms with Crippen LogP contribution < -0.4 is 0 Å². The van der Waals surface area contributed by atoms with Crippen molar-refractivity contribution in [2.45, 2.75) is 23.8 Å². The Kier molecular flexibility index (Phi) is 4.49. The maximum atomic E-state index is 11.7. The Morgan fingerprint density at radius 3 is 2.16 bits per heavy atom. The monoisotopic (exact) mass is 357 g/mol. The summed E-state index contributed by atoms with van der Waals surface area (Å²) in [5.74, 6) is 0.552. The van der Waals surface area contributed by atoms with Crippen molar-refractivity contribution in [3.8, 4) is 0 Å². The summed E-state index contributed by atoms with van der Waals surface area (Å²) < 4.78 is 28.6. The maximum absolute atomic E-state index is 11.7. The minimum Gasteiger partial charge on any atom is -0.380 e. The van der Waals surface area contributed by atoms with Crippen LogP contribution in [0.25, 0.3) is 0 Å². The van der Waals surface area contributed by atoms with E-state index in [-0.39, 0.29) is 11.3 Å². The van der Waals surface area contributed by atoms with Crippen LogP contribution in [0.3, 0.4) is 0 Å². The zero-order valence-electron chi connectivity index (χ0n) is 14.0. The van der Waals surface area contributed by atoms with E-state index in [0.29, 0.717) is 16.9 Å². The topological polar surface area (TPSA) is 80.4 Å². The Bertz CT molecular complexity index is 962. The quantitative estimate of drug-likeness (QED) is 0.759. The fourth-order valence-corrected chi connectivity index (χ4v) is 3.44. The number of aromatic nitrogens is 1. The molecule has 1 heterocycles. The van der Waals surface area contributed by atoms with E-state index < -0.39 is 15.4 Å². The van der Waals surface area contributed by atoms with Crippen LogP contribution in [0.2, 0.25) is 0 Å². The van der Waals surface area contributed by atoms with Gasteiger partial charge in [-0.25, -0.2) is 8.42 Å². The Balaban J connectivity index is 2.08. The minimum atomic E-state index is -3.30. The van der Waals surface area contributed by atoms with Crippen molar-refractivity contribution in [2.24, 2.45) is 0 Å². The molecule has 0 saturated heterocycles. The van der Waals surface area contributed by atoms with Gasteiger partial charge in [-0.05, 0) is 30.2 Å². The smallest absolute Gasteiger partial charge is 0.175 e. The maximum Gasteiger partial charge on any atom is 0.175 e. The summed E-state index contributed by atoms with van der Waals surface area (Å²) in [4.78, 5) is 0.210. The molecule has 0 aliphatic heterocycles. The molecule has 1 aromatic heterocycles. The lowest BCUT2D eigenvalue weighted by Crippen LogP contribution is -2.30. The first-order valence-corrected chi connectivity index (χ1v) is 9.69. The molecule has 0 saturated carbocycles. The molecule has 130 valence electrons. The predicted molar refractivity (Wildman–Crippen MR) is 93.9 cm³/mol. The van der Waals surface area contributed by atoms with Crippen LogP contribution in [0.5, 0.6) is 0 Å². The number of benzene rings is 2. The summed E-state index contributed by atoms with van der Waals surface area (Å²) in [6, 6.07) is 17.3. The van der Waals surface area contributed by atoms with E-state index in [0.717, 1.165) is 11.9 Å². The van der Waals surface area contributed by atoms with Gasteiger partial charge in [-0.2, -0.15) is 0 Å². The van der Waals surface area contributed by atoms with Crippen molar-refractivity contribution >= 4 is 9.84 Å². The third-order valence-electron chi connectivity index (χ3n) is 4.12. The molecule has 0 amide bonds. The summed E-state index contributed by atoms with van der Waals surface area (Å²) in [5.41, 5.74) is 0.651. The third kappa shape index (κ3) is 3.65. The Hall–Kier alpha value is -2.44. The summed E-state index contributed by atoms with van der Waals surface area (Å²) in [6.07, 6.45) is 1.35. The zero-order chi connectivity index (χ0) is 18.1. The van der Waals surface area contributed by atoms with Gasteiger partial charge in [0.2, 0.25) is 0 Å². The van der Waals surface area contributed by atoms with Crippen LogP contribution in [0, 0.1) is 6.92 Å². The summed E-state index contributed by atoms with van der Waals surface area (Å²) in [6.45, 7) is 1.81. The van der Waals surface area contributed by atoms with Crippen molar-refractivity contribution in [1.82, 2.24) is 5.16 Å².